The standard InChI is InChI=1S/C27H42N4O3/c28-27(12-4-5-13-27)26(33)31-24(19-20-6-2-1-3-7-20)25(32)30-23(22-8-14-29-15-9-22)18-21-10-16-34-17-11-21/h1-3,6-7,21-24,29H,4-5,8-19,28H2,(H,30,32)(H,31,33)/t23?,24-/m1/s1. The van der Waals surface area contributed by atoms with Gasteiger partial charge in [0.15, 0.2) is 0 Å². The van der Waals surface area contributed by atoms with Crippen molar-refractivity contribution in [2.45, 2.75) is 81.8 Å². The van der Waals surface area contributed by atoms with Crippen LogP contribution < -0.4 is 21.7 Å². The van der Waals surface area contributed by atoms with Gasteiger partial charge in [0.25, 0.3) is 0 Å². The Labute approximate surface area is 204 Å². The van der Waals surface area contributed by atoms with Gasteiger partial charge in [0, 0.05) is 25.7 Å². The average molecular weight is 471 g/mol. The zero-order valence-electron chi connectivity index (χ0n) is 20.4. The van der Waals surface area contributed by atoms with E-state index in [2.05, 4.69) is 16.0 Å². The number of piperidine rings is 1. The number of nitrogens with two attached hydrogens (primary N) is 1. The summed E-state index contributed by atoms with van der Waals surface area (Å²) in [5.74, 6) is 0.747. The fraction of sp³-hybridized carbons (Fsp3) is 0.704. The van der Waals surface area contributed by atoms with Crippen molar-refractivity contribution in [3.8, 4) is 0 Å². The van der Waals surface area contributed by atoms with Crippen LogP contribution in [-0.4, -0.2) is 55.7 Å². The van der Waals surface area contributed by atoms with E-state index in [-0.39, 0.29) is 17.9 Å². The molecule has 0 spiro atoms. The van der Waals surface area contributed by atoms with Crippen molar-refractivity contribution in [1.29, 1.82) is 0 Å². The van der Waals surface area contributed by atoms with Crippen LogP contribution >= 0.6 is 0 Å². The summed E-state index contributed by atoms with van der Waals surface area (Å²) in [6.45, 7) is 3.60. The lowest BCUT2D eigenvalue weighted by atomic mass is 9.82. The van der Waals surface area contributed by atoms with E-state index in [0.29, 0.717) is 31.1 Å². The zero-order chi connectivity index (χ0) is 23.8. The van der Waals surface area contributed by atoms with Gasteiger partial charge in [-0.1, -0.05) is 43.2 Å². The molecular weight excluding hydrogens is 428 g/mol. The van der Waals surface area contributed by atoms with E-state index in [0.717, 1.165) is 76.8 Å². The molecule has 2 aliphatic heterocycles. The quantitative estimate of drug-likeness (QED) is 0.443. The fourth-order valence-electron chi connectivity index (χ4n) is 5.83. The minimum absolute atomic E-state index is 0.0885. The first-order chi connectivity index (χ1) is 16.5. The molecule has 2 amide bonds. The third-order valence-corrected chi connectivity index (χ3v) is 8.06. The Bertz CT molecular complexity index is 784. The molecule has 3 aliphatic rings. The molecule has 188 valence electrons. The van der Waals surface area contributed by atoms with Gasteiger partial charge >= 0.3 is 0 Å². The maximum absolute atomic E-state index is 13.7. The van der Waals surface area contributed by atoms with E-state index in [9.17, 15) is 9.59 Å². The summed E-state index contributed by atoms with van der Waals surface area (Å²) < 4.78 is 5.56. The smallest absolute Gasteiger partial charge is 0.243 e. The molecule has 3 fully saturated rings. The highest BCUT2D eigenvalue weighted by molar-refractivity contribution is 5.92. The number of benzene rings is 1. The van der Waals surface area contributed by atoms with Crippen LogP contribution in [0.15, 0.2) is 30.3 Å². The van der Waals surface area contributed by atoms with Gasteiger partial charge < -0.3 is 26.4 Å². The third-order valence-electron chi connectivity index (χ3n) is 8.06. The minimum atomic E-state index is -0.855. The number of rotatable bonds is 9. The lowest BCUT2D eigenvalue weighted by Gasteiger charge is -2.36. The summed E-state index contributed by atoms with van der Waals surface area (Å²) in [7, 11) is 0. The molecule has 2 heterocycles. The second-order valence-electron chi connectivity index (χ2n) is 10.6. The summed E-state index contributed by atoms with van der Waals surface area (Å²) in [4.78, 5) is 26.8. The van der Waals surface area contributed by atoms with Gasteiger partial charge in [0.2, 0.25) is 11.8 Å². The molecule has 7 nitrogen and oxygen atoms in total. The van der Waals surface area contributed by atoms with Crippen LogP contribution in [0.2, 0.25) is 0 Å². The van der Waals surface area contributed by atoms with Crippen molar-refractivity contribution in [3.05, 3.63) is 35.9 Å². The molecule has 0 aromatic heterocycles. The summed E-state index contributed by atoms with van der Waals surface area (Å²) in [5, 5.41) is 9.89. The van der Waals surface area contributed by atoms with Gasteiger partial charge in [-0.3, -0.25) is 9.59 Å². The highest BCUT2D eigenvalue weighted by atomic mass is 16.5. The van der Waals surface area contributed by atoms with Crippen LogP contribution in [0, 0.1) is 11.8 Å². The molecule has 2 atom stereocenters. The number of carbonyl (C=O) groups is 2. The molecule has 1 aromatic carbocycles. The highest BCUT2D eigenvalue weighted by Crippen LogP contribution is 2.28. The molecule has 1 saturated carbocycles. The van der Waals surface area contributed by atoms with Crippen LogP contribution in [0.1, 0.15) is 63.4 Å². The van der Waals surface area contributed by atoms with E-state index in [1.807, 2.05) is 30.3 Å². The van der Waals surface area contributed by atoms with E-state index < -0.39 is 11.6 Å². The van der Waals surface area contributed by atoms with Crippen LogP contribution in [0.25, 0.3) is 0 Å². The first-order valence-corrected chi connectivity index (χ1v) is 13.3. The van der Waals surface area contributed by atoms with Crippen LogP contribution in [0.5, 0.6) is 0 Å². The monoisotopic (exact) mass is 470 g/mol. The Morgan fingerprint density at radius 1 is 1.03 bits per heavy atom. The molecule has 1 unspecified atom stereocenters. The summed E-state index contributed by atoms with van der Waals surface area (Å²) >= 11 is 0. The Balaban J connectivity index is 1.47. The number of amides is 2. The Hall–Kier alpha value is -1.96. The molecule has 7 heteroatoms. The maximum Gasteiger partial charge on any atom is 0.243 e. The second-order valence-corrected chi connectivity index (χ2v) is 10.6. The first kappa shape index (κ1) is 25.1. The predicted molar refractivity (Wildman–Crippen MR) is 133 cm³/mol. The van der Waals surface area contributed by atoms with Crippen LogP contribution in [0.4, 0.5) is 0 Å². The van der Waals surface area contributed by atoms with E-state index >= 15 is 0 Å². The molecule has 1 aromatic rings. The molecule has 0 radical (unpaired) electrons. The molecule has 1 aliphatic carbocycles. The van der Waals surface area contributed by atoms with Crippen molar-refractivity contribution in [1.82, 2.24) is 16.0 Å². The van der Waals surface area contributed by atoms with Crippen molar-refractivity contribution in [2.24, 2.45) is 17.6 Å². The van der Waals surface area contributed by atoms with Crippen LogP contribution in [0.3, 0.4) is 0 Å². The average Bonchev–Trinajstić information content (AvgIpc) is 3.33. The van der Waals surface area contributed by atoms with Crippen molar-refractivity contribution >= 4 is 11.8 Å². The third kappa shape index (κ3) is 6.80. The number of hydrogen-bond donors (Lipinski definition) is 4. The first-order valence-electron chi connectivity index (χ1n) is 13.3. The Morgan fingerprint density at radius 3 is 2.38 bits per heavy atom. The largest absolute Gasteiger partial charge is 0.381 e. The zero-order valence-corrected chi connectivity index (χ0v) is 20.4. The Morgan fingerprint density at radius 2 is 1.71 bits per heavy atom. The van der Waals surface area contributed by atoms with E-state index in [4.69, 9.17) is 10.5 Å². The Kier molecular flexibility index (Phi) is 8.98. The summed E-state index contributed by atoms with van der Waals surface area (Å²) in [6.07, 6.45) is 8.96. The number of nitrogens with one attached hydrogen (secondary N) is 3. The summed E-state index contributed by atoms with van der Waals surface area (Å²) in [6, 6.07) is 9.40. The highest BCUT2D eigenvalue weighted by Gasteiger charge is 2.39. The SMILES string of the molecule is NC1(C(=O)N[C@H](Cc2ccccc2)C(=O)NC(CC2CCOCC2)C2CCNCC2)CCCC1. The van der Waals surface area contributed by atoms with Gasteiger partial charge in [0.05, 0.1) is 5.54 Å². The molecular formula is C27H42N4O3. The van der Waals surface area contributed by atoms with Gasteiger partial charge in [-0.2, -0.15) is 0 Å². The topological polar surface area (TPSA) is 105 Å². The number of ether oxygens (including phenoxy) is 1. The van der Waals surface area contributed by atoms with Gasteiger partial charge in [0.1, 0.15) is 6.04 Å². The van der Waals surface area contributed by atoms with Gasteiger partial charge in [-0.15, -0.1) is 0 Å². The van der Waals surface area contributed by atoms with Gasteiger partial charge in [-0.05, 0) is 75.4 Å². The second kappa shape index (κ2) is 12.1. The van der Waals surface area contributed by atoms with Crippen molar-refractivity contribution < 1.29 is 14.3 Å². The summed E-state index contributed by atoms with van der Waals surface area (Å²) in [5.41, 5.74) is 6.60. The van der Waals surface area contributed by atoms with Crippen molar-refractivity contribution in [3.63, 3.8) is 0 Å². The molecule has 4 rings (SSSR count). The maximum atomic E-state index is 13.7. The lowest BCUT2D eigenvalue weighted by molar-refractivity contribution is -0.132. The van der Waals surface area contributed by atoms with E-state index in [1.165, 1.54) is 0 Å². The van der Waals surface area contributed by atoms with E-state index in [1.54, 1.807) is 0 Å². The van der Waals surface area contributed by atoms with Crippen molar-refractivity contribution in [2.75, 3.05) is 26.3 Å². The molecule has 34 heavy (non-hydrogen) atoms. The molecule has 5 N–H and O–H groups in total. The van der Waals surface area contributed by atoms with Gasteiger partial charge in [-0.25, -0.2) is 0 Å². The number of hydrogen-bond acceptors (Lipinski definition) is 5. The normalized spacial score (nSPS) is 23.2. The van der Waals surface area contributed by atoms with Crippen LogP contribution in [-0.2, 0) is 20.7 Å². The number of carbonyl (C=O) groups excluding carboxylic acids is 2. The predicted octanol–water partition coefficient (Wildman–Crippen LogP) is 2.29. The lowest BCUT2D eigenvalue weighted by Crippen LogP contribution is -2.59. The minimum Gasteiger partial charge on any atom is -0.381 e. The molecule has 0 bridgehead atoms. The molecule has 2 saturated heterocycles. The fourth-order valence-corrected chi connectivity index (χ4v) is 5.83.